The summed E-state index contributed by atoms with van der Waals surface area (Å²) in [5.41, 5.74) is 2.42. The van der Waals surface area contributed by atoms with Crippen LogP contribution in [-0.2, 0) is 6.54 Å². The fourth-order valence-electron chi connectivity index (χ4n) is 1.56. The standard InChI is InChI=1S/C15H25NO2/c1-11-6-7-14(18-10-12(2)17)13(8-11)9-16-15(3,4)5/h6-8,12,16-17H,9-10H2,1-5H3. The quantitative estimate of drug-likeness (QED) is 0.845. The highest BCUT2D eigenvalue weighted by Crippen LogP contribution is 2.21. The predicted molar refractivity (Wildman–Crippen MR) is 74.9 cm³/mol. The van der Waals surface area contributed by atoms with Gasteiger partial charge in [0.25, 0.3) is 0 Å². The molecule has 0 saturated heterocycles. The number of aryl methyl sites for hydroxylation is 1. The predicted octanol–water partition coefficient (Wildman–Crippen LogP) is 2.64. The van der Waals surface area contributed by atoms with Crippen LogP contribution in [0.1, 0.15) is 38.8 Å². The van der Waals surface area contributed by atoms with Crippen molar-refractivity contribution in [2.45, 2.75) is 52.8 Å². The Morgan fingerprint density at radius 2 is 2.00 bits per heavy atom. The number of ether oxygens (including phenoxy) is 1. The van der Waals surface area contributed by atoms with Gasteiger partial charge in [0.1, 0.15) is 12.4 Å². The molecule has 0 heterocycles. The Morgan fingerprint density at radius 3 is 2.56 bits per heavy atom. The zero-order chi connectivity index (χ0) is 13.8. The molecule has 1 aromatic carbocycles. The maximum atomic E-state index is 9.28. The lowest BCUT2D eigenvalue weighted by Gasteiger charge is -2.22. The first-order valence-electron chi connectivity index (χ1n) is 6.43. The molecule has 0 aliphatic carbocycles. The van der Waals surface area contributed by atoms with E-state index in [4.69, 9.17) is 4.74 Å². The molecule has 1 aromatic rings. The third-order valence-corrected chi connectivity index (χ3v) is 2.51. The second kappa shape index (κ2) is 6.21. The van der Waals surface area contributed by atoms with Crippen LogP contribution in [0.4, 0.5) is 0 Å². The zero-order valence-electron chi connectivity index (χ0n) is 12.1. The van der Waals surface area contributed by atoms with Crippen molar-refractivity contribution in [1.82, 2.24) is 5.32 Å². The Morgan fingerprint density at radius 1 is 1.33 bits per heavy atom. The number of benzene rings is 1. The summed E-state index contributed by atoms with van der Waals surface area (Å²) in [7, 11) is 0. The lowest BCUT2D eigenvalue weighted by Crippen LogP contribution is -2.35. The van der Waals surface area contributed by atoms with Gasteiger partial charge in [0.15, 0.2) is 0 Å². The summed E-state index contributed by atoms with van der Waals surface area (Å²) in [5, 5.41) is 12.7. The van der Waals surface area contributed by atoms with E-state index in [0.717, 1.165) is 17.9 Å². The van der Waals surface area contributed by atoms with Gasteiger partial charge in [-0.15, -0.1) is 0 Å². The minimum Gasteiger partial charge on any atom is -0.491 e. The summed E-state index contributed by atoms with van der Waals surface area (Å²) in [4.78, 5) is 0. The molecule has 0 fully saturated rings. The third kappa shape index (κ3) is 5.52. The number of hydrogen-bond acceptors (Lipinski definition) is 3. The molecule has 2 N–H and O–H groups in total. The maximum absolute atomic E-state index is 9.28. The van der Waals surface area contributed by atoms with Crippen molar-refractivity contribution in [3.8, 4) is 5.75 Å². The van der Waals surface area contributed by atoms with Crippen molar-refractivity contribution in [2.75, 3.05) is 6.61 Å². The van der Waals surface area contributed by atoms with Crippen LogP contribution in [0.25, 0.3) is 0 Å². The second-order valence-electron chi connectivity index (χ2n) is 5.87. The van der Waals surface area contributed by atoms with Crippen molar-refractivity contribution >= 4 is 0 Å². The molecule has 0 bridgehead atoms. The van der Waals surface area contributed by atoms with Crippen LogP contribution in [0.2, 0.25) is 0 Å². The Bertz CT molecular complexity index is 381. The van der Waals surface area contributed by atoms with Gasteiger partial charge in [0, 0.05) is 17.6 Å². The molecule has 0 radical (unpaired) electrons. The SMILES string of the molecule is Cc1ccc(OCC(C)O)c(CNC(C)(C)C)c1. The van der Waals surface area contributed by atoms with Crippen molar-refractivity contribution in [3.05, 3.63) is 29.3 Å². The molecule has 1 rings (SSSR count). The Balaban J connectivity index is 2.76. The Labute approximate surface area is 110 Å². The fraction of sp³-hybridized carbons (Fsp3) is 0.600. The lowest BCUT2D eigenvalue weighted by molar-refractivity contribution is 0.122. The molecule has 0 spiro atoms. The van der Waals surface area contributed by atoms with Crippen LogP contribution in [0.15, 0.2) is 18.2 Å². The molecule has 102 valence electrons. The van der Waals surface area contributed by atoms with E-state index >= 15 is 0 Å². The highest BCUT2D eigenvalue weighted by molar-refractivity contribution is 5.37. The fourth-order valence-corrected chi connectivity index (χ4v) is 1.56. The van der Waals surface area contributed by atoms with Crippen LogP contribution >= 0.6 is 0 Å². The Hall–Kier alpha value is -1.06. The largest absolute Gasteiger partial charge is 0.491 e. The van der Waals surface area contributed by atoms with E-state index in [-0.39, 0.29) is 5.54 Å². The molecular formula is C15H25NO2. The van der Waals surface area contributed by atoms with Crippen molar-refractivity contribution in [1.29, 1.82) is 0 Å². The van der Waals surface area contributed by atoms with Gasteiger partial charge in [-0.1, -0.05) is 17.7 Å². The molecule has 1 atom stereocenters. The van der Waals surface area contributed by atoms with Gasteiger partial charge in [-0.05, 0) is 40.7 Å². The number of hydrogen-bond donors (Lipinski definition) is 2. The van der Waals surface area contributed by atoms with Crippen LogP contribution in [0, 0.1) is 6.92 Å². The highest BCUT2D eigenvalue weighted by Gasteiger charge is 2.11. The first-order valence-corrected chi connectivity index (χ1v) is 6.43. The van der Waals surface area contributed by atoms with E-state index in [9.17, 15) is 5.11 Å². The number of nitrogens with one attached hydrogen (secondary N) is 1. The highest BCUT2D eigenvalue weighted by atomic mass is 16.5. The van der Waals surface area contributed by atoms with Crippen LogP contribution in [0.5, 0.6) is 5.75 Å². The zero-order valence-corrected chi connectivity index (χ0v) is 12.1. The maximum Gasteiger partial charge on any atom is 0.123 e. The van der Waals surface area contributed by atoms with Gasteiger partial charge in [-0.3, -0.25) is 0 Å². The van der Waals surface area contributed by atoms with E-state index in [1.165, 1.54) is 5.56 Å². The molecule has 3 nitrogen and oxygen atoms in total. The summed E-state index contributed by atoms with van der Waals surface area (Å²) in [6, 6.07) is 6.12. The van der Waals surface area contributed by atoms with Crippen LogP contribution in [0.3, 0.4) is 0 Å². The number of rotatable bonds is 5. The third-order valence-electron chi connectivity index (χ3n) is 2.51. The molecule has 0 amide bonds. The molecule has 18 heavy (non-hydrogen) atoms. The van der Waals surface area contributed by atoms with E-state index in [0.29, 0.717) is 6.61 Å². The van der Waals surface area contributed by atoms with E-state index in [1.807, 2.05) is 12.1 Å². The van der Waals surface area contributed by atoms with E-state index < -0.39 is 6.10 Å². The van der Waals surface area contributed by atoms with Crippen molar-refractivity contribution < 1.29 is 9.84 Å². The topological polar surface area (TPSA) is 41.5 Å². The first kappa shape index (κ1) is 15.0. The minimum atomic E-state index is -0.449. The van der Waals surface area contributed by atoms with Gasteiger partial charge < -0.3 is 15.2 Å². The average molecular weight is 251 g/mol. The normalized spacial score (nSPS) is 13.4. The molecule has 0 aromatic heterocycles. The smallest absolute Gasteiger partial charge is 0.123 e. The molecule has 0 saturated carbocycles. The number of aliphatic hydroxyl groups excluding tert-OH is 1. The summed E-state index contributed by atoms with van der Waals surface area (Å²) in [6.07, 6.45) is -0.449. The van der Waals surface area contributed by atoms with Gasteiger partial charge >= 0.3 is 0 Å². The van der Waals surface area contributed by atoms with Gasteiger partial charge in [-0.25, -0.2) is 0 Å². The van der Waals surface area contributed by atoms with Gasteiger partial charge in [0.2, 0.25) is 0 Å². The first-order chi connectivity index (χ1) is 8.28. The van der Waals surface area contributed by atoms with Crippen molar-refractivity contribution in [2.24, 2.45) is 0 Å². The molecule has 0 aliphatic rings. The second-order valence-corrected chi connectivity index (χ2v) is 5.87. The van der Waals surface area contributed by atoms with Gasteiger partial charge in [-0.2, -0.15) is 0 Å². The minimum absolute atomic E-state index is 0.0747. The monoisotopic (exact) mass is 251 g/mol. The number of aliphatic hydroxyl groups is 1. The Kier molecular flexibility index (Phi) is 5.17. The molecular weight excluding hydrogens is 226 g/mol. The lowest BCUT2D eigenvalue weighted by atomic mass is 10.1. The van der Waals surface area contributed by atoms with E-state index in [2.05, 4.69) is 39.1 Å². The summed E-state index contributed by atoms with van der Waals surface area (Å²) in [6.45, 7) is 11.3. The molecule has 0 aliphatic heterocycles. The van der Waals surface area contributed by atoms with Crippen LogP contribution < -0.4 is 10.1 Å². The average Bonchev–Trinajstić information content (AvgIpc) is 2.23. The van der Waals surface area contributed by atoms with Crippen LogP contribution in [-0.4, -0.2) is 23.4 Å². The summed E-state index contributed by atoms with van der Waals surface area (Å²) < 4.78 is 5.63. The van der Waals surface area contributed by atoms with E-state index in [1.54, 1.807) is 6.92 Å². The summed E-state index contributed by atoms with van der Waals surface area (Å²) >= 11 is 0. The van der Waals surface area contributed by atoms with Gasteiger partial charge in [0.05, 0.1) is 6.10 Å². The van der Waals surface area contributed by atoms with Crippen molar-refractivity contribution in [3.63, 3.8) is 0 Å². The summed E-state index contributed by atoms with van der Waals surface area (Å²) in [5.74, 6) is 0.846. The molecule has 3 heteroatoms. The molecule has 1 unspecified atom stereocenters.